The van der Waals surface area contributed by atoms with Gasteiger partial charge in [-0.05, 0) is 32.4 Å². The number of hydrogen-bond donors (Lipinski definition) is 0. The minimum Gasteiger partial charge on any atom is -0.465 e. The number of hydrogen-bond acceptors (Lipinski definition) is 4. The zero-order chi connectivity index (χ0) is 13.2. The van der Waals surface area contributed by atoms with Crippen LogP contribution >= 0.6 is 0 Å². The minimum absolute atomic E-state index is 0.251. The van der Waals surface area contributed by atoms with Gasteiger partial charge in [0.2, 0.25) is 5.41 Å². The molecule has 0 aromatic carbocycles. The van der Waals surface area contributed by atoms with Crippen LogP contribution in [0.5, 0.6) is 0 Å². The van der Waals surface area contributed by atoms with Crippen molar-refractivity contribution in [2.24, 2.45) is 0 Å². The second-order valence-electron chi connectivity index (χ2n) is 4.18. The highest BCUT2D eigenvalue weighted by molar-refractivity contribution is 6.06. The third-order valence-electron chi connectivity index (χ3n) is 3.24. The zero-order valence-electron chi connectivity index (χ0n) is 10.6. The smallest absolute Gasteiger partial charge is 0.329 e. The Morgan fingerprint density at radius 1 is 1.28 bits per heavy atom. The Bertz CT molecular complexity index is 445. The van der Waals surface area contributed by atoms with Crippen molar-refractivity contribution < 1.29 is 19.1 Å². The average Bonchev–Trinajstić information content (AvgIpc) is 2.90. The molecule has 18 heavy (non-hydrogen) atoms. The van der Waals surface area contributed by atoms with E-state index in [0.717, 1.165) is 0 Å². The van der Waals surface area contributed by atoms with Gasteiger partial charge in [-0.15, -0.1) is 0 Å². The number of esters is 2. The fraction of sp³-hybridized carbons (Fsp3) is 0.538. The van der Waals surface area contributed by atoms with Crippen LogP contribution in [0.1, 0.15) is 26.0 Å². The van der Waals surface area contributed by atoms with Crippen molar-refractivity contribution >= 4 is 11.9 Å². The Labute approximate surface area is 106 Å². The maximum Gasteiger partial charge on any atom is 0.329 e. The van der Waals surface area contributed by atoms with Crippen LogP contribution in [0.2, 0.25) is 0 Å². The molecule has 2 heterocycles. The van der Waals surface area contributed by atoms with Crippen LogP contribution in [0.25, 0.3) is 0 Å². The number of rotatable bonds is 4. The predicted molar refractivity (Wildman–Crippen MR) is 64.0 cm³/mol. The molecule has 1 aromatic rings. The molecular weight excluding hydrogens is 234 g/mol. The van der Waals surface area contributed by atoms with E-state index >= 15 is 0 Å². The molecule has 0 unspecified atom stereocenters. The molecule has 0 amide bonds. The first-order valence-corrected chi connectivity index (χ1v) is 6.16. The first-order chi connectivity index (χ1) is 8.66. The maximum absolute atomic E-state index is 12.2. The van der Waals surface area contributed by atoms with Crippen molar-refractivity contribution in [3.8, 4) is 0 Å². The second kappa shape index (κ2) is 4.84. The molecule has 0 fully saturated rings. The molecule has 0 aliphatic carbocycles. The van der Waals surface area contributed by atoms with Crippen LogP contribution < -0.4 is 0 Å². The summed E-state index contributed by atoms with van der Waals surface area (Å²) in [5.41, 5.74) is -0.616. The van der Waals surface area contributed by atoms with Crippen LogP contribution in [-0.2, 0) is 31.0 Å². The van der Waals surface area contributed by atoms with Gasteiger partial charge in [-0.3, -0.25) is 9.59 Å². The summed E-state index contributed by atoms with van der Waals surface area (Å²) in [5, 5.41) is 0. The van der Waals surface area contributed by atoms with E-state index in [0.29, 0.717) is 18.7 Å². The second-order valence-corrected chi connectivity index (χ2v) is 4.18. The molecular formula is C13H17NO4. The molecule has 1 aliphatic heterocycles. The molecule has 0 N–H and O–H groups in total. The van der Waals surface area contributed by atoms with E-state index in [9.17, 15) is 9.59 Å². The third-order valence-corrected chi connectivity index (χ3v) is 3.24. The van der Waals surface area contributed by atoms with Gasteiger partial charge < -0.3 is 14.0 Å². The lowest BCUT2D eigenvalue weighted by molar-refractivity contribution is -0.164. The van der Waals surface area contributed by atoms with Crippen molar-refractivity contribution in [2.75, 3.05) is 13.2 Å². The Kier molecular flexibility index (Phi) is 3.41. The number of ether oxygens (including phenoxy) is 2. The Morgan fingerprint density at radius 2 is 1.89 bits per heavy atom. The highest BCUT2D eigenvalue weighted by Gasteiger charge is 2.54. The van der Waals surface area contributed by atoms with Gasteiger partial charge in [0, 0.05) is 18.4 Å². The molecule has 5 nitrogen and oxygen atoms in total. The molecule has 0 saturated carbocycles. The van der Waals surface area contributed by atoms with E-state index in [1.807, 2.05) is 16.8 Å². The highest BCUT2D eigenvalue weighted by atomic mass is 16.6. The van der Waals surface area contributed by atoms with Gasteiger partial charge in [0.15, 0.2) is 0 Å². The van der Waals surface area contributed by atoms with Gasteiger partial charge in [0.05, 0.1) is 13.2 Å². The van der Waals surface area contributed by atoms with Crippen molar-refractivity contribution in [3.05, 3.63) is 24.0 Å². The standard InChI is InChI=1S/C13H17NO4/c1-3-17-11(15)13(12(16)18-4-2)7-9-14-8-5-6-10(13)14/h5-6,8H,3-4,7,9H2,1-2H3. The fourth-order valence-corrected chi connectivity index (χ4v) is 2.42. The van der Waals surface area contributed by atoms with E-state index in [1.165, 1.54) is 0 Å². The molecule has 5 heteroatoms. The predicted octanol–water partition coefficient (Wildman–Crippen LogP) is 1.26. The van der Waals surface area contributed by atoms with Gasteiger partial charge in [-0.2, -0.15) is 0 Å². The molecule has 0 saturated heterocycles. The summed E-state index contributed by atoms with van der Waals surface area (Å²) in [5.74, 6) is -1.03. The Hall–Kier alpha value is -1.78. The fourth-order valence-electron chi connectivity index (χ4n) is 2.42. The topological polar surface area (TPSA) is 57.5 Å². The van der Waals surface area contributed by atoms with E-state index in [2.05, 4.69) is 0 Å². The van der Waals surface area contributed by atoms with Gasteiger partial charge in [0.1, 0.15) is 0 Å². The maximum atomic E-state index is 12.2. The molecule has 2 rings (SSSR count). The number of carbonyl (C=O) groups is 2. The number of fused-ring (bicyclic) bond motifs is 1. The largest absolute Gasteiger partial charge is 0.465 e. The Balaban J connectivity index is 2.42. The van der Waals surface area contributed by atoms with Crippen LogP contribution in [0.4, 0.5) is 0 Å². The van der Waals surface area contributed by atoms with Gasteiger partial charge in [0.25, 0.3) is 0 Å². The zero-order valence-corrected chi connectivity index (χ0v) is 10.6. The number of nitrogens with zero attached hydrogens (tertiary/aromatic N) is 1. The highest BCUT2D eigenvalue weighted by Crippen LogP contribution is 2.37. The lowest BCUT2D eigenvalue weighted by Crippen LogP contribution is -2.44. The summed E-state index contributed by atoms with van der Waals surface area (Å²) >= 11 is 0. The Morgan fingerprint density at radius 3 is 2.44 bits per heavy atom. The van der Waals surface area contributed by atoms with Crippen molar-refractivity contribution in [1.82, 2.24) is 4.57 Å². The average molecular weight is 251 g/mol. The quantitative estimate of drug-likeness (QED) is 0.597. The summed E-state index contributed by atoms with van der Waals surface area (Å²) in [6.07, 6.45) is 2.26. The monoisotopic (exact) mass is 251 g/mol. The van der Waals surface area contributed by atoms with Gasteiger partial charge >= 0.3 is 11.9 Å². The van der Waals surface area contributed by atoms with Crippen molar-refractivity contribution in [2.45, 2.75) is 32.2 Å². The van der Waals surface area contributed by atoms with E-state index in [-0.39, 0.29) is 13.2 Å². The summed E-state index contributed by atoms with van der Waals surface area (Å²) in [6.45, 7) is 4.58. The van der Waals surface area contributed by atoms with Crippen molar-refractivity contribution in [3.63, 3.8) is 0 Å². The van der Waals surface area contributed by atoms with Crippen LogP contribution in [0.3, 0.4) is 0 Å². The van der Waals surface area contributed by atoms with Crippen molar-refractivity contribution in [1.29, 1.82) is 0 Å². The van der Waals surface area contributed by atoms with E-state index in [4.69, 9.17) is 9.47 Å². The molecule has 98 valence electrons. The molecule has 0 bridgehead atoms. The summed E-state index contributed by atoms with van der Waals surface area (Å²) in [6, 6.07) is 3.60. The summed E-state index contributed by atoms with van der Waals surface area (Å²) < 4.78 is 12.0. The molecule has 0 atom stereocenters. The molecule has 1 aliphatic rings. The summed E-state index contributed by atoms with van der Waals surface area (Å²) in [7, 11) is 0. The molecule has 1 aromatic heterocycles. The lowest BCUT2D eigenvalue weighted by Gasteiger charge is -2.23. The molecule has 0 spiro atoms. The SMILES string of the molecule is CCOC(=O)C1(C(=O)OCC)CCn2cccc21. The third kappa shape index (κ3) is 1.70. The normalized spacial score (nSPS) is 16.1. The van der Waals surface area contributed by atoms with Gasteiger partial charge in [-0.25, -0.2) is 0 Å². The minimum atomic E-state index is -1.28. The number of aryl methyl sites for hydroxylation is 1. The van der Waals surface area contributed by atoms with Crippen LogP contribution in [0, 0.1) is 0 Å². The number of aromatic nitrogens is 1. The number of carbonyl (C=O) groups excluding carboxylic acids is 2. The van der Waals surface area contributed by atoms with Gasteiger partial charge in [-0.1, -0.05) is 0 Å². The first kappa shape index (κ1) is 12.7. The van der Waals surface area contributed by atoms with E-state index < -0.39 is 17.4 Å². The van der Waals surface area contributed by atoms with Crippen LogP contribution in [0.15, 0.2) is 18.3 Å². The molecule has 0 radical (unpaired) electrons. The lowest BCUT2D eigenvalue weighted by atomic mass is 9.83. The van der Waals surface area contributed by atoms with E-state index in [1.54, 1.807) is 19.9 Å². The first-order valence-electron chi connectivity index (χ1n) is 6.16. The summed E-state index contributed by atoms with van der Waals surface area (Å²) in [4.78, 5) is 24.4. The van der Waals surface area contributed by atoms with Crippen LogP contribution in [-0.4, -0.2) is 29.7 Å².